The zero-order valence-corrected chi connectivity index (χ0v) is 16.2. The molecule has 0 saturated carbocycles. The first-order valence-electron chi connectivity index (χ1n) is 9.66. The van der Waals surface area contributed by atoms with Gasteiger partial charge in [-0.05, 0) is 56.3 Å². The van der Waals surface area contributed by atoms with E-state index in [1.54, 1.807) is 13.2 Å². The molecule has 1 fully saturated rings. The molecule has 0 aromatic heterocycles. The van der Waals surface area contributed by atoms with Crippen LogP contribution >= 0.6 is 0 Å². The second kappa shape index (κ2) is 10.1. The summed E-state index contributed by atoms with van der Waals surface area (Å²) in [5.74, 6) is 1.44. The molecular weight excluding hydrogens is 359 g/mol. The van der Waals surface area contributed by atoms with Gasteiger partial charge in [-0.25, -0.2) is 4.39 Å². The number of halogens is 1. The summed E-state index contributed by atoms with van der Waals surface area (Å²) < 4.78 is 24.5. The topological polar surface area (TPSA) is 50.8 Å². The lowest BCUT2D eigenvalue weighted by molar-refractivity contribution is -0.126. The first-order chi connectivity index (χ1) is 13.7. The number of hydrogen-bond donors (Lipinski definition) is 1. The Hall–Kier alpha value is -2.60. The third kappa shape index (κ3) is 5.70. The number of methoxy groups -OCH3 is 1. The molecule has 0 radical (unpaired) electrons. The van der Waals surface area contributed by atoms with E-state index in [-0.39, 0.29) is 17.6 Å². The van der Waals surface area contributed by atoms with E-state index in [2.05, 4.69) is 10.2 Å². The Labute approximate surface area is 165 Å². The van der Waals surface area contributed by atoms with Gasteiger partial charge in [0.2, 0.25) is 5.91 Å². The lowest BCUT2D eigenvalue weighted by Crippen LogP contribution is -2.41. The zero-order valence-electron chi connectivity index (χ0n) is 16.2. The molecule has 1 heterocycles. The Morgan fingerprint density at radius 1 is 1.11 bits per heavy atom. The van der Waals surface area contributed by atoms with Crippen LogP contribution in [0.5, 0.6) is 11.5 Å². The van der Waals surface area contributed by atoms with Gasteiger partial charge in [0.05, 0.1) is 13.7 Å². The van der Waals surface area contributed by atoms with Gasteiger partial charge >= 0.3 is 0 Å². The Kier molecular flexibility index (Phi) is 7.25. The first-order valence-corrected chi connectivity index (χ1v) is 9.66. The maximum atomic E-state index is 13.8. The van der Waals surface area contributed by atoms with Gasteiger partial charge in [-0.3, -0.25) is 9.69 Å². The fraction of sp³-hybridized carbons (Fsp3) is 0.409. The number of likely N-dealkylation sites (tertiary alicyclic amines) is 1. The Balaban J connectivity index is 1.34. The highest BCUT2D eigenvalue weighted by Gasteiger charge is 2.25. The molecule has 1 amide bonds. The largest absolute Gasteiger partial charge is 0.497 e. The molecule has 1 aliphatic heterocycles. The molecule has 0 bridgehead atoms. The second-order valence-electron chi connectivity index (χ2n) is 6.96. The van der Waals surface area contributed by atoms with E-state index in [0.717, 1.165) is 37.4 Å². The van der Waals surface area contributed by atoms with E-state index in [9.17, 15) is 9.18 Å². The van der Waals surface area contributed by atoms with Gasteiger partial charge in [0.25, 0.3) is 0 Å². The lowest BCUT2D eigenvalue weighted by Gasteiger charge is -2.31. The number of benzene rings is 2. The fourth-order valence-electron chi connectivity index (χ4n) is 3.38. The van der Waals surface area contributed by atoms with Gasteiger partial charge < -0.3 is 14.8 Å². The number of rotatable bonds is 8. The van der Waals surface area contributed by atoms with E-state index in [4.69, 9.17) is 9.47 Å². The van der Waals surface area contributed by atoms with E-state index >= 15 is 0 Å². The van der Waals surface area contributed by atoms with Crippen LogP contribution in [0, 0.1) is 11.7 Å². The van der Waals surface area contributed by atoms with Crippen molar-refractivity contribution in [2.75, 3.05) is 33.4 Å². The van der Waals surface area contributed by atoms with Crippen molar-refractivity contribution in [3.8, 4) is 11.5 Å². The molecule has 0 spiro atoms. The van der Waals surface area contributed by atoms with Gasteiger partial charge in [-0.1, -0.05) is 18.2 Å². The van der Waals surface area contributed by atoms with Crippen LogP contribution in [0.4, 0.5) is 4.39 Å². The van der Waals surface area contributed by atoms with Crippen LogP contribution in [-0.4, -0.2) is 44.2 Å². The van der Waals surface area contributed by atoms with Crippen molar-refractivity contribution >= 4 is 5.91 Å². The predicted octanol–water partition coefficient (Wildman–Crippen LogP) is 3.24. The van der Waals surface area contributed by atoms with Crippen LogP contribution in [0.15, 0.2) is 48.5 Å². The number of carbonyl (C=O) groups excluding carboxylic acids is 1. The molecule has 0 aliphatic carbocycles. The third-order valence-electron chi connectivity index (χ3n) is 5.04. The van der Waals surface area contributed by atoms with Gasteiger partial charge in [-0.15, -0.1) is 0 Å². The smallest absolute Gasteiger partial charge is 0.223 e. The highest BCUT2D eigenvalue weighted by Crippen LogP contribution is 2.20. The Morgan fingerprint density at radius 3 is 2.46 bits per heavy atom. The standard InChI is InChI=1S/C22H27FN2O3/c1-27-19-6-8-20(9-7-19)28-15-12-24-22(26)17-10-13-25(14-11-17)16-18-4-2-3-5-21(18)23/h2-9,17H,10-16H2,1H3,(H,24,26). The van der Waals surface area contributed by atoms with Crippen molar-refractivity contribution in [2.24, 2.45) is 5.92 Å². The summed E-state index contributed by atoms with van der Waals surface area (Å²) in [7, 11) is 1.62. The maximum absolute atomic E-state index is 13.8. The Bertz CT molecular complexity index is 759. The molecule has 1 N–H and O–H groups in total. The van der Waals surface area contributed by atoms with Gasteiger partial charge in [-0.2, -0.15) is 0 Å². The summed E-state index contributed by atoms with van der Waals surface area (Å²) in [4.78, 5) is 14.6. The molecule has 6 heteroatoms. The van der Waals surface area contributed by atoms with Crippen molar-refractivity contribution < 1.29 is 18.7 Å². The summed E-state index contributed by atoms with van der Waals surface area (Å²) in [5, 5.41) is 2.95. The minimum absolute atomic E-state index is 0.0119. The van der Waals surface area contributed by atoms with Crippen LogP contribution < -0.4 is 14.8 Å². The average Bonchev–Trinajstić information content (AvgIpc) is 2.73. The van der Waals surface area contributed by atoms with Crippen molar-refractivity contribution in [3.05, 3.63) is 59.9 Å². The molecule has 28 heavy (non-hydrogen) atoms. The Morgan fingerprint density at radius 2 is 1.79 bits per heavy atom. The number of amides is 1. The number of ether oxygens (including phenoxy) is 2. The van der Waals surface area contributed by atoms with Crippen LogP contribution in [0.3, 0.4) is 0 Å². The maximum Gasteiger partial charge on any atom is 0.223 e. The molecule has 5 nitrogen and oxygen atoms in total. The van der Waals surface area contributed by atoms with Crippen LogP contribution in [0.25, 0.3) is 0 Å². The fourth-order valence-corrected chi connectivity index (χ4v) is 3.38. The summed E-state index contributed by atoms with van der Waals surface area (Å²) in [5.41, 5.74) is 0.709. The molecule has 0 unspecified atom stereocenters. The number of nitrogens with zero attached hydrogens (tertiary/aromatic N) is 1. The molecule has 0 atom stereocenters. The molecule has 1 saturated heterocycles. The van der Waals surface area contributed by atoms with Crippen LogP contribution in [-0.2, 0) is 11.3 Å². The number of nitrogens with one attached hydrogen (secondary N) is 1. The molecule has 1 aliphatic rings. The molecule has 150 valence electrons. The molecule has 2 aromatic carbocycles. The van der Waals surface area contributed by atoms with E-state index in [1.807, 2.05) is 36.4 Å². The minimum Gasteiger partial charge on any atom is -0.497 e. The van der Waals surface area contributed by atoms with Gasteiger partial charge in [0.15, 0.2) is 0 Å². The summed E-state index contributed by atoms with van der Waals surface area (Å²) >= 11 is 0. The van der Waals surface area contributed by atoms with Crippen LogP contribution in [0.2, 0.25) is 0 Å². The highest BCUT2D eigenvalue weighted by atomic mass is 19.1. The molecular formula is C22H27FN2O3. The van der Waals surface area contributed by atoms with E-state index in [0.29, 0.717) is 25.3 Å². The monoisotopic (exact) mass is 386 g/mol. The van der Waals surface area contributed by atoms with Crippen molar-refractivity contribution in [3.63, 3.8) is 0 Å². The first kappa shape index (κ1) is 20.1. The number of piperidine rings is 1. The number of carbonyl (C=O) groups is 1. The van der Waals surface area contributed by atoms with Crippen molar-refractivity contribution in [1.82, 2.24) is 10.2 Å². The zero-order chi connectivity index (χ0) is 19.8. The summed E-state index contributed by atoms with van der Waals surface area (Å²) in [6.45, 7) is 3.09. The average molecular weight is 386 g/mol. The summed E-state index contributed by atoms with van der Waals surface area (Å²) in [6, 6.07) is 14.2. The summed E-state index contributed by atoms with van der Waals surface area (Å²) in [6.07, 6.45) is 1.58. The predicted molar refractivity (Wildman–Crippen MR) is 106 cm³/mol. The third-order valence-corrected chi connectivity index (χ3v) is 5.04. The second-order valence-corrected chi connectivity index (χ2v) is 6.96. The van der Waals surface area contributed by atoms with Crippen LogP contribution in [0.1, 0.15) is 18.4 Å². The lowest BCUT2D eigenvalue weighted by atomic mass is 9.95. The molecule has 3 rings (SSSR count). The number of hydrogen-bond acceptors (Lipinski definition) is 4. The van der Waals surface area contributed by atoms with E-state index < -0.39 is 0 Å². The van der Waals surface area contributed by atoms with E-state index in [1.165, 1.54) is 6.07 Å². The van der Waals surface area contributed by atoms with Gasteiger partial charge in [0.1, 0.15) is 23.9 Å². The normalized spacial score (nSPS) is 15.2. The highest BCUT2D eigenvalue weighted by molar-refractivity contribution is 5.78. The quantitative estimate of drug-likeness (QED) is 0.708. The van der Waals surface area contributed by atoms with Crippen molar-refractivity contribution in [2.45, 2.75) is 19.4 Å². The molecule has 2 aromatic rings. The van der Waals surface area contributed by atoms with Crippen molar-refractivity contribution in [1.29, 1.82) is 0 Å². The SMILES string of the molecule is COc1ccc(OCCNC(=O)C2CCN(Cc3ccccc3F)CC2)cc1. The minimum atomic E-state index is -0.167. The van der Waals surface area contributed by atoms with Gasteiger partial charge in [0, 0.05) is 18.0 Å².